The topological polar surface area (TPSA) is 71.4 Å². The van der Waals surface area contributed by atoms with Crippen LogP contribution in [-0.2, 0) is 13.1 Å². The summed E-state index contributed by atoms with van der Waals surface area (Å²) in [6.07, 6.45) is 3.59. The molecule has 2 rings (SSSR count). The fraction of sp³-hybridized carbons (Fsp3) is 0.400. The van der Waals surface area contributed by atoms with E-state index in [0.29, 0.717) is 19.0 Å². The minimum absolute atomic E-state index is 0. The van der Waals surface area contributed by atoms with Crippen molar-refractivity contribution in [3.05, 3.63) is 40.0 Å². The van der Waals surface area contributed by atoms with Gasteiger partial charge >= 0.3 is 0 Å². The third kappa shape index (κ3) is 6.30. The van der Waals surface area contributed by atoms with Crippen molar-refractivity contribution in [1.82, 2.24) is 20.6 Å². The zero-order valence-corrected chi connectivity index (χ0v) is 16.6. The second-order valence-electron chi connectivity index (χ2n) is 4.59. The number of ether oxygens (including phenoxy) is 1. The van der Waals surface area contributed by atoms with Crippen molar-refractivity contribution in [3.63, 3.8) is 0 Å². The van der Waals surface area contributed by atoms with E-state index in [-0.39, 0.29) is 24.0 Å². The first-order chi connectivity index (χ1) is 10.7. The number of nitrogens with zero attached hydrogens (tertiary/aromatic N) is 3. The lowest BCUT2D eigenvalue weighted by molar-refractivity contribution is 0.392. The van der Waals surface area contributed by atoms with Gasteiger partial charge in [-0.3, -0.25) is 0 Å². The molecule has 0 unspecified atom stereocenters. The van der Waals surface area contributed by atoms with Crippen LogP contribution in [0.1, 0.15) is 22.4 Å². The molecular weight excluding hydrogens is 425 g/mol. The van der Waals surface area contributed by atoms with Gasteiger partial charge in [0.25, 0.3) is 0 Å². The molecule has 0 saturated carbocycles. The molecule has 0 spiro atoms. The van der Waals surface area contributed by atoms with E-state index in [9.17, 15) is 0 Å². The molecule has 0 aliphatic rings. The van der Waals surface area contributed by atoms with Crippen LogP contribution in [0, 0.1) is 6.92 Å². The van der Waals surface area contributed by atoms with Crippen molar-refractivity contribution >= 4 is 41.3 Å². The van der Waals surface area contributed by atoms with Gasteiger partial charge < -0.3 is 15.4 Å². The summed E-state index contributed by atoms with van der Waals surface area (Å²) in [5.41, 5.74) is 0.951. The van der Waals surface area contributed by atoms with Gasteiger partial charge in [0.05, 0.1) is 20.2 Å². The lowest BCUT2D eigenvalue weighted by atomic mass is 10.3. The predicted molar refractivity (Wildman–Crippen MR) is 105 cm³/mol. The number of pyridine rings is 1. The Kier molecular flexibility index (Phi) is 8.85. The largest absolute Gasteiger partial charge is 0.481 e. The van der Waals surface area contributed by atoms with Crippen LogP contribution in [0.2, 0.25) is 0 Å². The summed E-state index contributed by atoms with van der Waals surface area (Å²) in [6, 6.07) is 3.84. The Labute approximate surface area is 157 Å². The first-order valence-electron chi connectivity index (χ1n) is 7.14. The Balaban J connectivity index is 0.00000264. The molecule has 0 fully saturated rings. The number of guanidine groups is 1. The number of hydrogen-bond acceptors (Lipinski definition) is 5. The number of halogens is 1. The summed E-state index contributed by atoms with van der Waals surface area (Å²) < 4.78 is 5.24. The molecule has 0 aliphatic heterocycles. The zero-order valence-electron chi connectivity index (χ0n) is 13.5. The van der Waals surface area contributed by atoms with Gasteiger partial charge in [-0.25, -0.2) is 15.0 Å². The van der Waals surface area contributed by atoms with Crippen LogP contribution in [0.3, 0.4) is 0 Å². The van der Waals surface area contributed by atoms with E-state index in [1.54, 1.807) is 24.6 Å². The highest BCUT2D eigenvalue weighted by Gasteiger charge is 2.04. The molecule has 126 valence electrons. The molecule has 6 nitrogen and oxygen atoms in total. The third-order valence-electron chi connectivity index (χ3n) is 2.87. The molecule has 0 bridgehead atoms. The van der Waals surface area contributed by atoms with Crippen LogP contribution < -0.4 is 15.4 Å². The number of methoxy groups -OCH3 is 1. The number of hydrogen-bond donors (Lipinski definition) is 2. The summed E-state index contributed by atoms with van der Waals surface area (Å²) in [7, 11) is 1.61. The molecule has 0 saturated heterocycles. The molecule has 8 heteroatoms. The third-order valence-corrected chi connectivity index (χ3v) is 3.78. The van der Waals surface area contributed by atoms with Gasteiger partial charge in [-0.1, -0.05) is 6.07 Å². The number of rotatable bonds is 6. The van der Waals surface area contributed by atoms with Gasteiger partial charge in [0.2, 0.25) is 5.88 Å². The fourth-order valence-electron chi connectivity index (χ4n) is 1.88. The summed E-state index contributed by atoms with van der Waals surface area (Å²) >= 11 is 1.68. The molecule has 0 radical (unpaired) electrons. The maximum atomic E-state index is 5.24. The van der Waals surface area contributed by atoms with E-state index in [4.69, 9.17) is 4.74 Å². The van der Waals surface area contributed by atoms with Gasteiger partial charge in [0.1, 0.15) is 5.01 Å². The Morgan fingerprint density at radius 3 is 2.83 bits per heavy atom. The van der Waals surface area contributed by atoms with Gasteiger partial charge in [-0.05, 0) is 19.9 Å². The van der Waals surface area contributed by atoms with Crippen LogP contribution in [-0.4, -0.2) is 29.6 Å². The van der Waals surface area contributed by atoms with E-state index in [1.165, 1.54) is 4.88 Å². The fourth-order valence-corrected chi connectivity index (χ4v) is 2.60. The summed E-state index contributed by atoms with van der Waals surface area (Å²) in [6.45, 7) is 6.05. The van der Waals surface area contributed by atoms with Crippen molar-refractivity contribution in [3.8, 4) is 5.88 Å². The smallest absolute Gasteiger partial charge is 0.218 e. The first-order valence-corrected chi connectivity index (χ1v) is 7.96. The number of thiazole rings is 1. The Bertz CT molecular complexity index is 632. The van der Waals surface area contributed by atoms with Crippen molar-refractivity contribution in [1.29, 1.82) is 0 Å². The predicted octanol–water partition coefficient (Wildman–Crippen LogP) is 2.73. The van der Waals surface area contributed by atoms with E-state index >= 15 is 0 Å². The average molecular weight is 447 g/mol. The normalized spacial score (nSPS) is 10.8. The Morgan fingerprint density at radius 1 is 1.35 bits per heavy atom. The van der Waals surface area contributed by atoms with Crippen LogP contribution in [0.25, 0.3) is 0 Å². The van der Waals surface area contributed by atoms with Crippen LogP contribution in [0.4, 0.5) is 0 Å². The van der Waals surface area contributed by atoms with Crippen LogP contribution in [0.5, 0.6) is 5.88 Å². The summed E-state index contributed by atoms with van der Waals surface area (Å²) in [4.78, 5) is 14.3. The van der Waals surface area contributed by atoms with Gasteiger partial charge in [-0.2, -0.15) is 0 Å². The number of aliphatic imine (C=N–C) groups is 1. The first kappa shape index (κ1) is 19.6. The molecular formula is C15H22IN5OS. The van der Waals surface area contributed by atoms with Crippen LogP contribution in [0.15, 0.2) is 29.5 Å². The number of aryl methyl sites for hydroxylation is 1. The molecule has 2 N–H and O–H groups in total. The van der Waals surface area contributed by atoms with Gasteiger partial charge in [0.15, 0.2) is 5.96 Å². The SMILES string of the molecule is CCNC(=NCc1cccnc1OC)NCc1ncc(C)s1.I. The van der Waals surface area contributed by atoms with E-state index in [1.807, 2.05) is 25.3 Å². The molecule has 23 heavy (non-hydrogen) atoms. The number of nitrogens with one attached hydrogen (secondary N) is 2. The molecule has 0 aromatic carbocycles. The van der Waals surface area contributed by atoms with Crippen molar-refractivity contribution in [2.75, 3.05) is 13.7 Å². The van der Waals surface area contributed by atoms with E-state index in [0.717, 1.165) is 23.1 Å². The highest BCUT2D eigenvalue weighted by molar-refractivity contribution is 14.0. The van der Waals surface area contributed by atoms with Crippen molar-refractivity contribution < 1.29 is 4.74 Å². The maximum Gasteiger partial charge on any atom is 0.218 e. The highest BCUT2D eigenvalue weighted by Crippen LogP contribution is 2.14. The highest BCUT2D eigenvalue weighted by atomic mass is 127. The molecule has 2 aromatic heterocycles. The molecule has 0 amide bonds. The Morgan fingerprint density at radius 2 is 2.17 bits per heavy atom. The van der Waals surface area contributed by atoms with Crippen molar-refractivity contribution in [2.24, 2.45) is 4.99 Å². The quantitative estimate of drug-likeness (QED) is 0.405. The second kappa shape index (κ2) is 10.4. The minimum atomic E-state index is 0. The number of aromatic nitrogens is 2. The van der Waals surface area contributed by atoms with Crippen molar-refractivity contribution in [2.45, 2.75) is 26.9 Å². The van der Waals surface area contributed by atoms with E-state index < -0.39 is 0 Å². The second-order valence-corrected chi connectivity index (χ2v) is 5.90. The lowest BCUT2D eigenvalue weighted by Gasteiger charge is -2.10. The molecule has 0 aliphatic carbocycles. The van der Waals surface area contributed by atoms with Gasteiger partial charge in [-0.15, -0.1) is 35.3 Å². The summed E-state index contributed by atoms with van der Waals surface area (Å²) in [5, 5.41) is 7.55. The standard InChI is InChI=1S/C15H21N5OS.HI/c1-4-16-15(20-10-13-18-8-11(2)22-13)19-9-12-6-5-7-17-14(12)21-3;/h5-8H,4,9-10H2,1-3H3,(H2,16,19,20);1H. The molecule has 2 heterocycles. The zero-order chi connectivity index (χ0) is 15.8. The lowest BCUT2D eigenvalue weighted by Crippen LogP contribution is -2.36. The molecule has 2 aromatic rings. The maximum absolute atomic E-state index is 5.24. The van der Waals surface area contributed by atoms with E-state index in [2.05, 4.69) is 32.5 Å². The van der Waals surface area contributed by atoms with Crippen LogP contribution >= 0.6 is 35.3 Å². The Hall–Kier alpha value is -1.42. The minimum Gasteiger partial charge on any atom is -0.481 e. The average Bonchev–Trinajstić information content (AvgIpc) is 2.96. The molecule has 0 atom stereocenters. The summed E-state index contributed by atoms with van der Waals surface area (Å²) in [5.74, 6) is 1.36. The monoisotopic (exact) mass is 447 g/mol. The van der Waals surface area contributed by atoms with Gasteiger partial charge in [0, 0.05) is 29.4 Å².